The first kappa shape index (κ1) is 15.9. The summed E-state index contributed by atoms with van der Waals surface area (Å²) in [5.74, 6) is 0.518. The summed E-state index contributed by atoms with van der Waals surface area (Å²) in [6, 6.07) is 5.54. The summed E-state index contributed by atoms with van der Waals surface area (Å²) < 4.78 is 5.73. The summed E-state index contributed by atoms with van der Waals surface area (Å²) in [6.45, 7) is 5.48. The Hall–Kier alpha value is -0.970. The van der Waals surface area contributed by atoms with Gasteiger partial charge in [-0.15, -0.1) is 0 Å². The molecule has 0 aromatic heterocycles. The van der Waals surface area contributed by atoms with Crippen molar-refractivity contribution in [2.75, 3.05) is 26.2 Å². The van der Waals surface area contributed by atoms with E-state index in [1.807, 2.05) is 4.90 Å². The maximum atomic E-state index is 12.6. The number of carbonyl (C=O) groups is 1. The number of halogens is 2. The number of carbonyl (C=O) groups excluding carboxylic acids is 1. The van der Waals surface area contributed by atoms with Crippen molar-refractivity contribution in [3.63, 3.8) is 0 Å². The van der Waals surface area contributed by atoms with Gasteiger partial charge >= 0.3 is 0 Å². The Bertz CT molecular complexity index is 567. The highest BCUT2D eigenvalue weighted by molar-refractivity contribution is 6.35. The van der Waals surface area contributed by atoms with Gasteiger partial charge in [-0.2, -0.15) is 0 Å². The fourth-order valence-corrected chi connectivity index (χ4v) is 3.71. The molecule has 2 saturated heterocycles. The topological polar surface area (TPSA) is 32.8 Å². The lowest BCUT2D eigenvalue weighted by Crippen LogP contribution is -2.54. The zero-order valence-electron chi connectivity index (χ0n) is 12.6. The molecule has 120 valence electrons. The lowest BCUT2D eigenvalue weighted by atomic mass is 10.1. The number of hydrogen-bond donors (Lipinski definition) is 0. The first-order chi connectivity index (χ1) is 10.5. The number of amides is 1. The Kier molecular flexibility index (Phi) is 4.81. The molecule has 0 aliphatic carbocycles. The van der Waals surface area contributed by atoms with Gasteiger partial charge in [0, 0.05) is 30.7 Å². The molecule has 2 heterocycles. The molecule has 2 atom stereocenters. The normalized spacial score (nSPS) is 23.2. The summed E-state index contributed by atoms with van der Waals surface area (Å²) in [6.07, 6.45) is 1.87. The second-order valence-electron chi connectivity index (χ2n) is 5.95. The van der Waals surface area contributed by atoms with Gasteiger partial charge in [0.1, 0.15) is 5.75 Å². The van der Waals surface area contributed by atoms with Crippen molar-refractivity contribution >= 4 is 29.1 Å². The molecule has 3 rings (SSSR count). The van der Waals surface area contributed by atoms with Crippen LogP contribution in [0.3, 0.4) is 0 Å². The monoisotopic (exact) mass is 342 g/mol. The zero-order valence-corrected chi connectivity index (χ0v) is 14.1. The molecule has 2 fully saturated rings. The van der Waals surface area contributed by atoms with Crippen LogP contribution in [-0.4, -0.2) is 54.0 Å². The SMILES string of the molecule is C[C@@H](Oc1ccc(Cl)cc1Cl)C(=O)N1CCN2CCC[C@@H]2C1. The van der Waals surface area contributed by atoms with E-state index < -0.39 is 6.10 Å². The van der Waals surface area contributed by atoms with Crippen LogP contribution in [0.1, 0.15) is 19.8 Å². The standard InChI is InChI=1S/C16H20Cl2N2O2/c1-11(22-15-5-4-12(17)9-14(15)18)16(21)20-8-7-19-6-2-3-13(19)10-20/h4-5,9,11,13H,2-3,6-8,10H2,1H3/t11-,13-/m1/s1. The van der Waals surface area contributed by atoms with Crippen molar-refractivity contribution in [2.45, 2.75) is 31.9 Å². The second kappa shape index (κ2) is 6.65. The molecule has 2 aliphatic heterocycles. The average molecular weight is 343 g/mol. The molecule has 0 spiro atoms. The molecule has 22 heavy (non-hydrogen) atoms. The second-order valence-corrected chi connectivity index (χ2v) is 6.79. The number of benzene rings is 1. The third-order valence-corrected chi connectivity index (χ3v) is 4.97. The summed E-state index contributed by atoms with van der Waals surface area (Å²) in [4.78, 5) is 17.0. The van der Waals surface area contributed by atoms with Gasteiger partial charge in [-0.3, -0.25) is 9.69 Å². The average Bonchev–Trinajstić information content (AvgIpc) is 2.96. The predicted molar refractivity (Wildman–Crippen MR) is 87.7 cm³/mol. The van der Waals surface area contributed by atoms with Gasteiger partial charge in [0.05, 0.1) is 5.02 Å². The Balaban J connectivity index is 1.62. The van der Waals surface area contributed by atoms with E-state index in [0.717, 1.165) is 19.6 Å². The van der Waals surface area contributed by atoms with E-state index in [-0.39, 0.29) is 5.91 Å². The van der Waals surface area contributed by atoms with E-state index in [9.17, 15) is 4.79 Å². The largest absolute Gasteiger partial charge is 0.479 e. The van der Waals surface area contributed by atoms with Crippen LogP contribution >= 0.6 is 23.2 Å². The molecule has 4 nitrogen and oxygen atoms in total. The molecule has 2 aliphatic rings. The van der Waals surface area contributed by atoms with Crippen molar-refractivity contribution in [3.8, 4) is 5.75 Å². The van der Waals surface area contributed by atoms with Crippen molar-refractivity contribution in [3.05, 3.63) is 28.2 Å². The fraction of sp³-hybridized carbons (Fsp3) is 0.562. The predicted octanol–water partition coefficient (Wildman–Crippen LogP) is 3.07. The van der Waals surface area contributed by atoms with Gasteiger partial charge in [-0.1, -0.05) is 23.2 Å². The summed E-state index contributed by atoms with van der Waals surface area (Å²) in [5.41, 5.74) is 0. The zero-order chi connectivity index (χ0) is 15.7. The molecular weight excluding hydrogens is 323 g/mol. The summed E-state index contributed by atoms with van der Waals surface area (Å²) in [7, 11) is 0. The maximum Gasteiger partial charge on any atom is 0.263 e. The van der Waals surface area contributed by atoms with E-state index in [2.05, 4.69) is 4.90 Å². The minimum atomic E-state index is -0.549. The molecule has 1 amide bonds. The Morgan fingerprint density at radius 3 is 2.91 bits per heavy atom. The molecule has 0 N–H and O–H groups in total. The molecule has 0 unspecified atom stereocenters. The van der Waals surface area contributed by atoms with Crippen LogP contribution in [0.4, 0.5) is 0 Å². The van der Waals surface area contributed by atoms with E-state index >= 15 is 0 Å². The number of nitrogens with zero attached hydrogens (tertiary/aromatic N) is 2. The third-order valence-electron chi connectivity index (χ3n) is 4.44. The van der Waals surface area contributed by atoms with Crippen molar-refractivity contribution in [2.24, 2.45) is 0 Å². The molecule has 0 radical (unpaired) electrons. The number of piperazine rings is 1. The first-order valence-electron chi connectivity index (χ1n) is 7.69. The molecule has 1 aromatic rings. The Labute approximate surface area is 140 Å². The van der Waals surface area contributed by atoms with Crippen molar-refractivity contribution in [1.29, 1.82) is 0 Å². The minimum Gasteiger partial charge on any atom is -0.479 e. The minimum absolute atomic E-state index is 0.0255. The first-order valence-corrected chi connectivity index (χ1v) is 8.45. The van der Waals surface area contributed by atoms with Gasteiger partial charge in [0.15, 0.2) is 6.10 Å². The molecule has 1 aromatic carbocycles. The van der Waals surface area contributed by atoms with Gasteiger partial charge in [0.2, 0.25) is 0 Å². The van der Waals surface area contributed by atoms with E-state index in [0.29, 0.717) is 21.8 Å². The van der Waals surface area contributed by atoms with Crippen LogP contribution < -0.4 is 4.74 Å². The number of fused-ring (bicyclic) bond motifs is 1. The molecule has 6 heteroatoms. The Morgan fingerprint density at radius 2 is 2.14 bits per heavy atom. The summed E-state index contributed by atoms with van der Waals surface area (Å²) >= 11 is 12.0. The van der Waals surface area contributed by atoms with Gasteiger partial charge < -0.3 is 9.64 Å². The van der Waals surface area contributed by atoms with E-state index in [4.69, 9.17) is 27.9 Å². The van der Waals surface area contributed by atoms with Crippen LogP contribution in [0, 0.1) is 0 Å². The highest BCUT2D eigenvalue weighted by Crippen LogP contribution is 2.29. The molecule has 0 saturated carbocycles. The van der Waals surface area contributed by atoms with Crippen molar-refractivity contribution in [1.82, 2.24) is 9.80 Å². The number of hydrogen-bond acceptors (Lipinski definition) is 3. The van der Waals surface area contributed by atoms with E-state index in [1.54, 1.807) is 25.1 Å². The van der Waals surface area contributed by atoms with Gasteiger partial charge in [0.25, 0.3) is 5.91 Å². The number of ether oxygens (including phenoxy) is 1. The van der Waals surface area contributed by atoms with Crippen LogP contribution in [0.15, 0.2) is 18.2 Å². The third kappa shape index (κ3) is 3.34. The highest BCUT2D eigenvalue weighted by Gasteiger charge is 2.34. The molecular formula is C16H20Cl2N2O2. The maximum absolute atomic E-state index is 12.6. The van der Waals surface area contributed by atoms with Crippen molar-refractivity contribution < 1.29 is 9.53 Å². The van der Waals surface area contributed by atoms with Crippen LogP contribution in [0.25, 0.3) is 0 Å². The van der Waals surface area contributed by atoms with Gasteiger partial charge in [-0.05, 0) is 44.5 Å². The van der Waals surface area contributed by atoms with Crippen LogP contribution in [-0.2, 0) is 4.79 Å². The van der Waals surface area contributed by atoms with E-state index in [1.165, 1.54) is 19.4 Å². The van der Waals surface area contributed by atoms with Gasteiger partial charge in [-0.25, -0.2) is 0 Å². The number of rotatable bonds is 3. The van der Waals surface area contributed by atoms with Crippen LogP contribution in [0.5, 0.6) is 5.75 Å². The quantitative estimate of drug-likeness (QED) is 0.846. The summed E-state index contributed by atoms with van der Waals surface area (Å²) in [5, 5.41) is 0.974. The fourth-order valence-electron chi connectivity index (χ4n) is 3.26. The highest BCUT2D eigenvalue weighted by atomic mass is 35.5. The molecule has 0 bridgehead atoms. The Morgan fingerprint density at radius 1 is 1.32 bits per heavy atom. The lowest BCUT2D eigenvalue weighted by molar-refractivity contribution is -0.140. The lowest BCUT2D eigenvalue weighted by Gasteiger charge is -2.38. The van der Waals surface area contributed by atoms with Crippen LogP contribution in [0.2, 0.25) is 10.0 Å². The smallest absolute Gasteiger partial charge is 0.263 e.